The molecule has 0 radical (unpaired) electrons. The number of aryl methyl sites for hydroxylation is 3. The molecule has 8 aromatic rings. The summed E-state index contributed by atoms with van der Waals surface area (Å²) in [7, 11) is 0. The van der Waals surface area contributed by atoms with Gasteiger partial charge in [-0.1, -0.05) is 110 Å². The summed E-state index contributed by atoms with van der Waals surface area (Å²) in [6.45, 7) is 27.2. The molecule has 0 fully saturated rings. The Morgan fingerprint density at radius 3 is 1.96 bits per heavy atom. The van der Waals surface area contributed by atoms with Crippen molar-refractivity contribution in [3.63, 3.8) is 0 Å². The van der Waals surface area contributed by atoms with E-state index in [1.165, 1.54) is 60.9 Å². The maximum absolute atomic E-state index is 6.78. The van der Waals surface area contributed by atoms with Crippen molar-refractivity contribution in [2.45, 2.75) is 99.3 Å². The van der Waals surface area contributed by atoms with E-state index in [0.29, 0.717) is 0 Å². The van der Waals surface area contributed by atoms with E-state index in [2.05, 4.69) is 200 Å². The largest absolute Gasteiger partial charge is 0.457 e. The minimum atomic E-state index is -0.103. The van der Waals surface area contributed by atoms with Gasteiger partial charge in [0.05, 0.1) is 11.0 Å². The molecule has 0 unspecified atom stereocenters. The second-order valence-corrected chi connectivity index (χ2v) is 18.8. The number of hydrogen-bond acceptors (Lipinski definition) is 2. The first-order valence-electron chi connectivity index (χ1n) is 19.9. The maximum Gasteiger partial charge on any atom is 0.255 e. The molecule has 0 saturated carbocycles. The van der Waals surface area contributed by atoms with Crippen molar-refractivity contribution in [2.75, 3.05) is 0 Å². The normalized spacial score (nSPS) is 12.6. The van der Waals surface area contributed by atoms with Gasteiger partial charge in [-0.2, -0.15) is 9.13 Å². The molecule has 0 aliphatic carbocycles. The van der Waals surface area contributed by atoms with E-state index in [1.54, 1.807) is 0 Å². The smallest absolute Gasteiger partial charge is 0.255 e. The lowest BCUT2D eigenvalue weighted by atomic mass is 9.80. The number of para-hydroxylation sites is 1. The van der Waals surface area contributed by atoms with E-state index in [0.717, 1.165) is 34.0 Å². The summed E-state index contributed by atoms with van der Waals surface area (Å²) in [4.78, 5) is 4.88. The van der Waals surface area contributed by atoms with Gasteiger partial charge in [0.25, 0.3) is 6.33 Å². The first-order chi connectivity index (χ1) is 26.4. The molecule has 0 atom stereocenters. The first-order valence-corrected chi connectivity index (χ1v) is 19.9. The zero-order chi connectivity index (χ0) is 39.9. The van der Waals surface area contributed by atoms with E-state index in [4.69, 9.17) is 9.72 Å². The first kappa shape index (κ1) is 37.3. The molecule has 0 amide bonds. The average Bonchev–Trinajstić information content (AvgIpc) is 3.66. The Balaban J connectivity index is 1.29. The van der Waals surface area contributed by atoms with Crippen molar-refractivity contribution in [1.82, 2.24) is 14.1 Å². The molecular weight excluding hydrogens is 685 g/mol. The van der Waals surface area contributed by atoms with Crippen LogP contribution in [0.15, 0.2) is 116 Å². The van der Waals surface area contributed by atoms with E-state index in [1.807, 2.05) is 12.3 Å². The van der Waals surface area contributed by atoms with Crippen LogP contribution in [0.3, 0.4) is 0 Å². The molecule has 56 heavy (non-hydrogen) atoms. The van der Waals surface area contributed by atoms with Crippen LogP contribution in [0, 0.1) is 20.8 Å². The molecule has 3 aromatic heterocycles. The van der Waals surface area contributed by atoms with Crippen molar-refractivity contribution in [3.05, 3.63) is 149 Å². The Bertz CT molecular complexity index is 2790. The summed E-state index contributed by atoms with van der Waals surface area (Å²) in [6.07, 6.45) is 4.20. The number of fused-ring (bicyclic) bond motifs is 4. The third-order valence-corrected chi connectivity index (χ3v) is 11.2. The van der Waals surface area contributed by atoms with Crippen molar-refractivity contribution < 1.29 is 9.30 Å². The fourth-order valence-corrected chi connectivity index (χ4v) is 8.32. The monoisotopic (exact) mass is 739 g/mol. The van der Waals surface area contributed by atoms with Crippen LogP contribution in [0.25, 0.3) is 50.0 Å². The topological polar surface area (TPSA) is 35.9 Å². The molecule has 0 N–H and O–H groups in total. The van der Waals surface area contributed by atoms with Gasteiger partial charge in [-0.25, -0.2) is 4.98 Å². The molecule has 5 nitrogen and oxygen atoms in total. The van der Waals surface area contributed by atoms with Crippen molar-refractivity contribution >= 4 is 32.8 Å². The average molecular weight is 740 g/mol. The van der Waals surface area contributed by atoms with E-state index >= 15 is 0 Å². The summed E-state index contributed by atoms with van der Waals surface area (Å²) in [5.74, 6) is 2.45. The van der Waals surface area contributed by atoms with Crippen LogP contribution in [0.1, 0.15) is 95.7 Å². The summed E-state index contributed by atoms with van der Waals surface area (Å²) < 4.78 is 13.8. The number of rotatable bonds is 5. The quantitative estimate of drug-likeness (QED) is 0.165. The third kappa shape index (κ3) is 6.57. The van der Waals surface area contributed by atoms with Crippen LogP contribution in [-0.4, -0.2) is 14.1 Å². The van der Waals surface area contributed by atoms with Crippen LogP contribution < -0.4 is 9.30 Å². The van der Waals surface area contributed by atoms with Gasteiger partial charge in [-0.3, -0.25) is 4.57 Å². The SMILES string of the molecule is Cc1cc(C)c(-[n+]2cn(-c3cccc(Oc4ccc5c6ccccc6n(-c6cc(C(C)(C)C)ccn6)c5c4)c3)c3c(C(C)(C)C)cc(C(C)(C)C)cc32)c(C)c1. The highest BCUT2D eigenvalue weighted by molar-refractivity contribution is 6.09. The van der Waals surface area contributed by atoms with E-state index in [9.17, 15) is 0 Å². The molecule has 0 spiro atoms. The van der Waals surface area contributed by atoms with Gasteiger partial charge in [0.15, 0.2) is 11.0 Å². The maximum atomic E-state index is 6.78. The number of nitrogens with zero attached hydrogens (tertiary/aromatic N) is 4. The predicted octanol–water partition coefficient (Wildman–Crippen LogP) is 13.0. The fraction of sp³-hybridized carbons (Fsp3) is 0.294. The molecule has 5 heteroatoms. The number of ether oxygens (including phenoxy) is 1. The summed E-state index contributed by atoms with van der Waals surface area (Å²) in [6, 6.07) is 37.2. The Morgan fingerprint density at radius 1 is 0.589 bits per heavy atom. The molecule has 0 saturated heterocycles. The molecule has 284 valence electrons. The number of imidazole rings is 1. The van der Waals surface area contributed by atoms with Crippen LogP contribution in [0.4, 0.5) is 0 Å². The third-order valence-electron chi connectivity index (χ3n) is 11.2. The lowest BCUT2D eigenvalue weighted by Crippen LogP contribution is -2.32. The van der Waals surface area contributed by atoms with Gasteiger partial charge in [0, 0.05) is 34.7 Å². The lowest BCUT2D eigenvalue weighted by Gasteiger charge is -2.25. The van der Waals surface area contributed by atoms with E-state index < -0.39 is 0 Å². The number of aromatic nitrogens is 4. The predicted molar refractivity (Wildman–Crippen MR) is 234 cm³/mol. The summed E-state index contributed by atoms with van der Waals surface area (Å²) in [5, 5.41) is 2.36. The number of benzene rings is 5. The Hall–Kier alpha value is -5.68. The van der Waals surface area contributed by atoms with Crippen molar-refractivity contribution in [1.29, 1.82) is 0 Å². The summed E-state index contributed by atoms with van der Waals surface area (Å²) in [5.41, 5.74) is 14.4. The van der Waals surface area contributed by atoms with Crippen LogP contribution in [-0.2, 0) is 16.2 Å². The van der Waals surface area contributed by atoms with Crippen LogP contribution in [0.2, 0.25) is 0 Å². The van der Waals surface area contributed by atoms with Crippen LogP contribution >= 0.6 is 0 Å². The Labute approximate surface area is 332 Å². The highest BCUT2D eigenvalue weighted by Gasteiger charge is 2.32. The standard InChI is InChI=1S/C51H55N4O/c1-32-24-33(2)47(34(3)25-32)54-31-53(48-42(51(10,11)12)26-36(27-45(48)54)50(7,8)9)37-16-15-17-38(29-37)56-39-20-21-41-40-18-13-14-19-43(40)55(44(41)30-39)46-28-35(22-23-52-46)49(4,5)6/h13-31H,1-12H3/q+1. The molecule has 3 heterocycles. The molecule has 8 rings (SSSR count). The van der Waals surface area contributed by atoms with Crippen LogP contribution in [0.5, 0.6) is 11.5 Å². The van der Waals surface area contributed by atoms with Gasteiger partial charge in [-0.05, 0) is 108 Å². The Morgan fingerprint density at radius 2 is 1.27 bits per heavy atom. The number of hydrogen-bond donors (Lipinski definition) is 0. The lowest BCUT2D eigenvalue weighted by molar-refractivity contribution is -0.568. The molecule has 0 aliphatic rings. The minimum absolute atomic E-state index is 0.000371. The van der Waals surface area contributed by atoms with Gasteiger partial charge in [-0.15, -0.1) is 0 Å². The molecule has 0 aliphatic heterocycles. The molecule has 0 bridgehead atoms. The Kier molecular flexibility index (Phi) is 8.80. The zero-order valence-corrected chi connectivity index (χ0v) is 35.2. The van der Waals surface area contributed by atoms with Gasteiger partial charge in [0.1, 0.15) is 28.7 Å². The van der Waals surface area contributed by atoms with Crippen molar-refractivity contribution in [2.24, 2.45) is 0 Å². The number of pyridine rings is 1. The van der Waals surface area contributed by atoms with E-state index in [-0.39, 0.29) is 16.2 Å². The highest BCUT2D eigenvalue weighted by atomic mass is 16.5. The van der Waals surface area contributed by atoms with Gasteiger partial charge < -0.3 is 4.74 Å². The second-order valence-electron chi connectivity index (χ2n) is 18.8. The fourth-order valence-electron chi connectivity index (χ4n) is 8.32. The summed E-state index contributed by atoms with van der Waals surface area (Å²) >= 11 is 0. The minimum Gasteiger partial charge on any atom is -0.457 e. The molecular formula is C51H55N4O+. The molecule has 5 aromatic carbocycles. The van der Waals surface area contributed by atoms with Crippen molar-refractivity contribution in [3.8, 4) is 28.7 Å². The van der Waals surface area contributed by atoms with Gasteiger partial charge >= 0.3 is 0 Å². The zero-order valence-electron chi connectivity index (χ0n) is 35.2. The highest BCUT2D eigenvalue weighted by Crippen LogP contribution is 2.39. The van der Waals surface area contributed by atoms with Gasteiger partial charge in [0.2, 0.25) is 0 Å². The second kappa shape index (κ2) is 13.2.